The fraction of sp³-hybridized carbons (Fsp3) is 0.529. The van der Waals surface area contributed by atoms with Crippen LogP contribution in [0.3, 0.4) is 0 Å². The maximum absolute atomic E-state index is 12.0. The number of hydrogen-bond donors (Lipinski definition) is 2. The molecule has 0 aromatic heterocycles. The Balaban J connectivity index is 1.62. The van der Waals surface area contributed by atoms with Gasteiger partial charge in [-0.1, -0.05) is 43.2 Å². The standard InChI is InChI=1S/C17H21NO4/c19-15(20)17(9-13-6-7-14(8-13)10-17)18-16(21)22-11-12-4-2-1-3-5-12/h1-5,13-14H,6-11H2,(H,18,21)(H,19,20)/t13-,14+,17?. The molecule has 2 aliphatic carbocycles. The number of carbonyl (C=O) groups is 2. The molecule has 5 heteroatoms. The minimum absolute atomic E-state index is 0.148. The number of carbonyl (C=O) groups excluding carboxylic acids is 1. The lowest BCUT2D eigenvalue weighted by atomic mass is 9.75. The van der Waals surface area contributed by atoms with Crippen molar-refractivity contribution in [2.24, 2.45) is 11.8 Å². The van der Waals surface area contributed by atoms with E-state index in [4.69, 9.17) is 4.74 Å². The van der Waals surface area contributed by atoms with Crippen LogP contribution in [-0.4, -0.2) is 22.7 Å². The van der Waals surface area contributed by atoms with Gasteiger partial charge in [0.2, 0.25) is 0 Å². The van der Waals surface area contributed by atoms with Crippen LogP contribution in [0.5, 0.6) is 0 Å². The molecule has 0 aliphatic heterocycles. The van der Waals surface area contributed by atoms with E-state index in [1.54, 1.807) is 0 Å². The molecule has 0 saturated heterocycles. The number of aliphatic carboxylic acids is 1. The Morgan fingerprint density at radius 2 is 1.82 bits per heavy atom. The zero-order valence-corrected chi connectivity index (χ0v) is 12.5. The Morgan fingerprint density at radius 3 is 2.41 bits per heavy atom. The molecule has 2 bridgehead atoms. The molecule has 3 atom stereocenters. The lowest BCUT2D eigenvalue weighted by Crippen LogP contribution is -2.57. The molecule has 1 aromatic rings. The highest BCUT2D eigenvalue weighted by Crippen LogP contribution is 2.46. The molecular formula is C17H21NO4. The third-order valence-corrected chi connectivity index (χ3v) is 4.89. The first-order valence-corrected chi connectivity index (χ1v) is 7.80. The molecule has 2 fully saturated rings. The molecule has 5 nitrogen and oxygen atoms in total. The first kappa shape index (κ1) is 14.9. The number of hydrogen-bond acceptors (Lipinski definition) is 3. The van der Waals surface area contributed by atoms with Crippen molar-refractivity contribution < 1.29 is 19.4 Å². The normalized spacial score (nSPS) is 29.8. The van der Waals surface area contributed by atoms with Crippen molar-refractivity contribution in [1.29, 1.82) is 0 Å². The summed E-state index contributed by atoms with van der Waals surface area (Å²) in [6.07, 6.45) is 3.61. The molecule has 2 saturated carbocycles. The SMILES string of the molecule is O=C(NC1(C(=O)O)C[C@@H]2CC[C@@H](C2)C1)OCc1ccccc1. The number of ether oxygens (including phenoxy) is 1. The lowest BCUT2D eigenvalue weighted by molar-refractivity contribution is -0.147. The van der Waals surface area contributed by atoms with E-state index in [2.05, 4.69) is 5.32 Å². The summed E-state index contributed by atoms with van der Waals surface area (Å²) in [5, 5.41) is 12.3. The van der Waals surface area contributed by atoms with E-state index in [0.29, 0.717) is 24.7 Å². The Kier molecular flexibility index (Phi) is 4.05. The maximum atomic E-state index is 12.0. The average molecular weight is 303 g/mol. The van der Waals surface area contributed by atoms with Crippen LogP contribution in [0.4, 0.5) is 4.79 Å². The maximum Gasteiger partial charge on any atom is 0.408 e. The quantitative estimate of drug-likeness (QED) is 0.896. The summed E-state index contributed by atoms with van der Waals surface area (Å²) in [6.45, 7) is 0.148. The molecule has 2 N–H and O–H groups in total. The topological polar surface area (TPSA) is 75.6 Å². The fourth-order valence-corrected chi connectivity index (χ4v) is 3.90. The van der Waals surface area contributed by atoms with Gasteiger partial charge in [-0.25, -0.2) is 9.59 Å². The molecule has 0 radical (unpaired) electrons. The number of nitrogens with one attached hydrogen (secondary N) is 1. The van der Waals surface area contributed by atoms with Gasteiger partial charge in [0.15, 0.2) is 0 Å². The van der Waals surface area contributed by atoms with Gasteiger partial charge in [-0.2, -0.15) is 0 Å². The summed E-state index contributed by atoms with van der Waals surface area (Å²) < 4.78 is 5.18. The summed E-state index contributed by atoms with van der Waals surface area (Å²) in [5.41, 5.74) is -0.275. The van der Waals surface area contributed by atoms with Crippen LogP contribution >= 0.6 is 0 Å². The predicted octanol–water partition coefficient (Wildman–Crippen LogP) is 2.95. The molecule has 22 heavy (non-hydrogen) atoms. The average Bonchev–Trinajstić information content (AvgIpc) is 2.85. The van der Waals surface area contributed by atoms with Crippen molar-refractivity contribution in [1.82, 2.24) is 5.32 Å². The van der Waals surface area contributed by atoms with Gasteiger partial charge in [0, 0.05) is 0 Å². The number of carboxylic acid groups (broad SMARTS) is 1. The number of fused-ring (bicyclic) bond motifs is 2. The van der Waals surface area contributed by atoms with Crippen molar-refractivity contribution in [2.75, 3.05) is 0 Å². The summed E-state index contributed by atoms with van der Waals surface area (Å²) in [5.74, 6) is -0.130. The van der Waals surface area contributed by atoms with Gasteiger partial charge in [-0.15, -0.1) is 0 Å². The third-order valence-electron chi connectivity index (χ3n) is 4.89. The first-order valence-electron chi connectivity index (χ1n) is 7.80. The predicted molar refractivity (Wildman–Crippen MR) is 80.2 cm³/mol. The van der Waals surface area contributed by atoms with Crippen molar-refractivity contribution in [3.8, 4) is 0 Å². The lowest BCUT2D eigenvalue weighted by Gasteiger charge is -2.37. The molecule has 3 rings (SSSR count). The molecular weight excluding hydrogens is 282 g/mol. The van der Waals surface area contributed by atoms with Gasteiger partial charge in [-0.05, 0) is 36.7 Å². The Hall–Kier alpha value is -2.04. The second-order valence-corrected chi connectivity index (χ2v) is 6.53. The number of rotatable bonds is 4. The van der Waals surface area contributed by atoms with Crippen molar-refractivity contribution >= 4 is 12.1 Å². The van der Waals surface area contributed by atoms with Crippen molar-refractivity contribution in [2.45, 2.75) is 44.2 Å². The second-order valence-electron chi connectivity index (χ2n) is 6.53. The molecule has 118 valence electrons. The van der Waals surface area contributed by atoms with E-state index in [-0.39, 0.29) is 6.61 Å². The zero-order chi connectivity index (χ0) is 15.6. The molecule has 1 aromatic carbocycles. The van der Waals surface area contributed by atoms with Gasteiger partial charge < -0.3 is 15.2 Å². The molecule has 1 unspecified atom stereocenters. The van der Waals surface area contributed by atoms with Crippen LogP contribution in [0.1, 0.15) is 37.7 Å². The van der Waals surface area contributed by atoms with Gasteiger partial charge in [-0.3, -0.25) is 0 Å². The van der Waals surface area contributed by atoms with Crippen molar-refractivity contribution in [3.05, 3.63) is 35.9 Å². The largest absolute Gasteiger partial charge is 0.480 e. The van der Waals surface area contributed by atoms with E-state index >= 15 is 0 Å². The Bertz CT molecular complexity index is 545. The third kappa shape index (κ3) is 3.08. The van der Waals surface area contributed by atoms with Crippen LogP contribution in [0, 0.1) is 11.8 Å². The van der Waals surface area contributed by atoms with Gasteiger partial charge >= 0.3 is 12.1 Å². The fourth-order valence-electron chi connectivity index (χ4n) is 3.90. The van der Waals surface area contributed by atoms with Crippen molar-refractivity contribution in [3.63, 3.8) is 0 Å². The summed E-state index contributed by atoms with van der Waals surface area (Å²) in [6, 6.07) is 9.35. The van der Waals surface area contributed by atoms with E-state index in [1.807, 2.05) is 30.3 Å². The highest BCUT2D eigenvalue weighted by molar-refractivity contribution is 5.84. The summed E-state index contributed by atoms with van der Waals surface area (Å²) in [4.78, 5) is 23.8. The molecule has 0 heterocycles. The van der Waals surface area contributed by atoms with E-state index in [9.17, 15) is 14.7 Å². The number of benzene rings is 1. The van der Waals surface area contributed by atoms with E-state index in [0.717, 1.165) is 24.8 Å². The number of alkyl carbamates (subject to hydrolysis) is 1. The summed E-state index contributed by atoms with van der Waals surface area (Å²) in [7, 11) is 0. The number of amides is 1. The molecule has 1 amide bonds. The smallest absolute Gasteiger partial charge is 0.408 e. The van der Waals surface area contributed by atoms with E-state index < -0.39 is 17.6 Å². The highest BCUT2D eigenvalue weighted by atomic mass is 16.5. The Morgan fingerprint density at radius 1 is 1.18 bits per heavy atom. The van der Waals surface area contributed by atoms with E-state index in [1.165, 1.54) is 0 Å². The Labute approximate surface area is 129 Å². The molecule has 2 aliphatic rings. The molecule has 0 spiro atoms. The first-order chi connectivity index (χ1) is 10.6. The minimum atomic E-state index is -1.15. The number of carboxylic acids is 1. The van der Waals surface area contributed by atoms with Gasteiger partial charge in [0.05, 0.1) is 0 Å². The van der Waals surface area contributed by atoms with Crippen LogP contribution in [-0.2, 0) is 16.1 Å². The van der Waals surface area contributed by atoms with Gasteiger partial charge in [0.25, 0.3) is 0 Å². The monoisotopic (exact) mass is 303 g/mol. The second kappa shape index (κ2) is 5.99. The van der Waals surface area contributed by atoms with Crippen LogP contribution in [0.2, 0.25) is 0 Å². The van der Waals surface area contributed by atoms with Crippen LogP contribution in [0.15, 0.2) is 30.3 Å². The zero-order valence-electron chi connectivity index (χ0n) is 12.5. The van der Waals surface area contributed by atoms with Crippen LogP contribution < -0.4 is 5.32 Å². The van der Waals surface area contributed by atoms with Gasteiger partial charge in [0.1, 0.15) is 12.1 Å². The minimum Gasteiger partial charge on any atom is -0.480 e. The van der Waals surface area contributed by atoms with Crippen LogP contribution in [0.25, 0.3) is 0 Å². The summed E-state index contributed by atoms with van der Waals surface area (Å²) >= 11 is 0. The highest BCUT2D eigenvalue weighted by Gasteiger charge is 2.50.